The number of nitrogens with zero attached hydrogens (tertiary/aromatic N) is 2. The molecule has 0 rings (SSSR count). The Balaban J connectivity index is 0. The summed E-state index contributed by atoms with van der Waals surface area (Å²) in [5.74, 6) is 1.61. The Labute approximate surface area is 161 Å². The second kappa shape index (κ2) is 16.8. The summed E-state index contributed by atoms with van der Waals surface area (Å²) < 4.78 is 5.36. The summed E-state index contributed by atoms with van der Waals surface area (Å²) in [5.41, 5.74) is 0. The quantitative estimate of drug-likeness (QED) is 0.211. The number of halogens is 1. The van der Waals surface area contributed by atoms with E-state index in [0.717, 1.165) is 45.2 Å². The summed E-state index contributed by atoms with van der Waals surface area (Å²) in [6.45, 7) is 12.9. The second-order valence-corrected chi connectivity index (χ2v) is 5.80. The van der Waals surface area contributed by atoms with E-state index in [-0.39, 0.29) is 24.0 Å². The van der Waals surface area contributed by atoms with Crippen LogP contribution in [0.1, 0.15) is 47.0 Å². The van der Waals surface area contributed by atoms with Crippen molar-refractivity contribution in [3.8, 4) is 0 Å². The first-order chi connectivity index (χ1) is 10.6. The van der Waals surface area contributed by atoms with E-state index < -0.39 is 0 Å². The van der Waals surface area contributed by atoms with E-state index in [2.05, 4.69) is 50.4 Å². The van der Waals surface area contributed by atoms with Crippen LogP contribution in [-0.2, 0) is 4.74 Å². The summed E-state index contributed by atoms with van der Waals surface area (Å²) in [6.07, 6.45) is 3.41. The van der Waals surface area contributed by atoms with Gasteiger partial charge in [-0.15, -0.1) is 24.0 Å². The molecule has 0 aliphatic heterocycles. The Kier molecular flexibility index (Phi) is 18.3. The fourth-order valence-corrected chi connectivity index (χ4v) is 2.62. The van der Waals surface area contributed by atoms with E-state index in [1.165, 1.54) is 12.8 Å². The smallest absolute Gasteiger partial charge is 0.191 e. The Morgan fingerprint density at radius 3 is 2.22 bits per heavy atom. The number of likely N-dealkylation sites (N-methyl/N-ethyl adjacent to an activating group) is 1. The summed E-state index contributed by atoms with van der Waals surface area (Å²) in [6, 6.07) is 0.494. The molecule has 0 amide bonds. The van der Waals surface area contributed by atoms with Gasteiger partial charge >= 0.3 is 0 Å². The highest BCUT2D eigenvalue weighted by Gasteiger charge is 2.20. The van der Waals surface area contributed by atoms with Crippen LogP contribution in [0.25, 0.3) is 0 Å². The van der Waals surface area contributed by atoms with Crippen LogP contribution in [0.4, 0.5) is 0 Å². The average molecular weight is 442 g/mol. The Bertz CT molecular complexity index is 284. The highest BCUT2D eigenvalue weighted by atomic mass is 127. The third kappa shape index (κ3) is 12.0. The predicted octanol–water partition coefficient (Wildman–Crippen LogP) is 2.95. The summed E-state index contributed by atoms with van der Waals surface area (Å²) in [4.78, 5) is 7.09. The number of rotatable bonds is 12. The van der Waals surface area contributed by atoms with Crippen LogP contribution in [0.3, 0.4) is 0 Å². The molecule has 5 nitrogen and oxygen atoms in total. The van der Waals surface area contributed by atoms with Crippen LogP contribution in [-0.4, -0.2) is 63.8 Å². The van der Waals surface area contributed by atoms with Gasteiger partial charge in [0.25, 0.3) is 0 Å². The zero-order chi connectivity index (χ0) is 16.8. The molecule has 6 heteroatoms. The molecule has 0 bridgehead atoms. The van der Waals surface area contributed by atoms with Gasteiger partial charge in [0.2, 0.25) is 0 Å². The molecule has 0 saturated heterocycles. The maximum atomic E-state index is 5.36. The van der Waals surface area contributed by atoms with Gasteiger partial charge in [0.1, 0.15) is 0 Å². The lowest BCUT2D eigenvalue weighted by Crippen LogP contribution is -2.41. The number of guanidine groups is 1. The largest absolute Gasteiger partial charge is 0.382 e. The zero-order valence-corrected chi connectivity index (χ0v) is 18.4. The van der Waals surface area contributed by atoms with Crippen LogP contribution < -0.4 is 10.6 Å². The van der Waals surface area contributed by atoms with E-state index >= 15 is 0 Å². The molecule has 0 heterocycles. The molecule has 2 N–H and O–H groups in total. The van der Waals surface area contributed by atoms with Gasteiger partial charge in [-0.3, -0.25) is 4.99 Å². The van der Waals surface area contributed by atoms with Crippen molar-refractivity contribution >= 4 is 29.9 Å². The van der Waals surface area contributed by atoms with Gasteiger partial charge in [-0.05, 0) is 40.3 Å². The van der Waals surface area contributed by atoms with E-state index in [1.54, 1.807) is 0 Å². The summed E-state index contributed by atoms with van der Waals surface area (Å²) in [5, 5.41) is 6.71. The number of nitrogens with one attached hydrogen (secondary N) is 2. The van der Waals surface area contributed by atoms with Crippen molar-refractivity contribution in [2.24, 2.45) is 10.9 Å². The van der Waals surface area contributed by atoms with Gasteiger partial charge < -0.3 is 20.3 Å². The molecule has 0 radical (unpaired) electrons. The molecule has 140 valence electrons. The van der Waals surface area contributed by atoms with Crippen LogP contribution in [0.15, 0.2) is 4.99 Å². The lowest BCUT2D eigenvalue weighted by atomic mass is 9.93. The highest BCUT2D eigenvalue weighted by molar-refractivity contribution is 14.0. The molecule has 1 unspecified atom stereocenters. The van der Waals surface area contributed by atoms with Crippen LogP contribution in [0.2, 0.25) is 0 Å². The van der Waals surface area contributed by atoms with E-state index in [1.807, 2.05) is 6.92 Å². The van der Waals surface area contributed by atoms with Crippen LogP contribution in [0.5, 0.6) is 0 Å². The van der Waals surface area contributed by atoms with Crippen molar-refractivity contribution in [3.63, 3.8) is 0 Å². The van der Waals surface area contributed by atoms with Crippen molar-refractivity contribution in [2.75, 3.05) is 46.9 Å². The van der Waals surface area contributed by atoms with Crippen LogP contribution >= 0.6 is 24.0 Å². The first kappa shape index (κ1) is 25.2. The first-order valence-electron chi connectivity index (χ1n) is 8.86. The number of aliphatic imine (C=N–C) groups is 1. The Morgan fingerprint density at radius 1 is 1.09 bits per heavy atom. The van der Waals surface area contributed by atoms with Gasteiger partial charge in [-0.25, -0.2) is 0 Å². The Morgan fingerprint density at radius 2 is 1.74 bits per heavy atom. The third-order valence-corrected chi connectivity index (χ3v) is 4.00. The lowest BCUT2D eigenvalue weighted by molar-refractivity contribution is 0.145. The van der Waals surface area contributed by atoms with Gasteiger partial charge in [-0.1, -0.05) is 26.7 Å². The number of hydrogen-bond donors (Lipinski definition) is 2. The van der Waals surface area contributed by atoms with Crippen molar-refractivity contribution in [1.82, 2.24) is 15.5 Å². The fourth-order valence-electron chi connectivity index (χ4n) is 2.62. The SMILES string of the molecule is CCNC(=NCC(C(CC)CC)N(C)C)NCCCOCC.I. The van der Waals surface area contributed by atoms with E-state index in [4.69, 9.17) is 9.73 Å². The molecule has 1 atom stereocenters. The van der Waals surface area contributed by atoms with Gasteiger partial charge in [0.05, 0.1) is 6.54 Å². The molecule has 23 heavy (non-hydrogen) atoms. The molecule has 0 aliphatic carbocycles. The normalized spacial score (nSPS) is 13.1. The molecule has 0 spiro atoms. The van der Waals surface area contributed by atoms with E-state index in [9.17, 15) is 0 Å². The molecule has 0 aromatic carbocycles. The minimum absolute atomic E-state index is 0. The van der Waals surface area contributed by atoms with Gasteiger partial charge in [0.15, 0.2) is 5.96 Å². The van der Waals surface area contributed by atoms with Gasteiger partial charge in [0, 0.05) is 32.3 Å². The molecule has 0 aromatic rings. The first-order valence-corrected chi connectivity index (χ1v) is 8.86. The van der Waals surface area contributed by atoms with Gasteiger partial charge in [-0.2, -0.15) is 0 Å². The number of ether oxygens (including phenoxy) is 1. The van der Waals surface area contributed by atoms with E-state index in [0.29, 0.717) is 12.0 Å². The average Bonchev–Trinajstić information content (AvgIpc) is 2.50. The molecule has 0 aromatic heterocycles. The van der Waals surface area contributed by atoms with Crippen molar-refractivity contribution in [2.45, 2.75) is 53.0 Å². The third-order valence-electron chi connectivity index (χ3n) is 4.00. The molecular formula is C17H39IN4O. The minimum Gasteiger partial charge on any atom is -0.382 e. The Hall–Kier alpha value is -0.0800. The standard InChI is InChI=1S/C17H38N4O.HI/c1-7-15(8-2)16(21(5)6)14-20-17(18-9-3)19-12-11-13-22-10-4;/h15-16H,7-14H2,1-6H3,(H2,18,19,20);1H. The number of hydrogen-bond acceptors (Lipinski definition) is 3. The lowest BCUT2D eigenvalue weighted by Gasteiger charge is -2.30. The van der Waals surface area contributed by atoms with Crippen molar-refractivity contribution in [1.29, 1.82) is 0 Å². The topological polar surface area (TPSA) is 48.9 Å². The molecule has 0 fully saturated rings. The minimum atomic E-state index is 0. The van der Waals surface area contributed by atoms with Crippen LogP contribution in [0, 0.1) is 5.92 Å². The molecule has 0 saturated carbocycles. The van der Waals surface area contributed by atoms with Crippen molar-refractivity contribution < 1.29 is 4.74 Å². The highest BCUT2D eigenvalue weighted by Crippen LogP contribution is 2.17. The van der Waals surface area contributed by atoms with Crippen molar-refractivity contribution in [3.05, 3.63) is 0 Å². The monoisotopic (exact) mass is 442 g/mol. The fraction of sp³-hybridized carbons (Fsp3) is 0.941. The zero-order valence-electron chi connectivity index (χ0n) is 16.0. The molecular weight excluding hydrogens is 403 g/mol. The second-order valence-electron chi connectivity index (χ2n) is 5.80. The maximum Gasteiger partial charge on any atom is 0.191 e. The predicted molar refractivity (Wildman–Crippen MR) is 112 cm³/mol. The summed E-state index contributed by atoms with van der Waals surface area (Å²) >= 11 is 0. The molecule has 0 aliphatic rings. The maximum absolute atomic E-state index is 5.36. The summed E-state index contributed by atoms with van der Waals surface area (Å²) in [7, 11) is 4.31.